The molecule has 0 aromatic heterocycles. The van der Waals surface area contributed by atoms with Crippen molar-refractivity contribution in [1.29, 1.82) is 0 Å². The monoisotopic (exact) mass is 336 g/mol. The van der Waals surface area contributed by atoms with Crippen LogP contribution in [0.5, 0.6) is 5.75 Å². The highest BCUT2D eigenvalue weighted by Gasteiger charge is 2.45. The standard InChI is InChI=1S/C16H17N2O4.ClH/c17-21-9-14(19)18-16-11(8-22-18)7-20-13-6-5-10-3-1-2-4-12(10)15(13)16;/h1-6,11,16H,7-9H2,17H3;1H/q+1;/p-1. The van der Waals surface area contributed by atoms with Crippen molar-refractivity contribution < 1.29 is 37.5 Å². The lowest BCUT2D eigenvalue weighted by atomic mass is 9.88. The minimum atomic E-state index is -0.219. The van der Waals surface area contributed by atoms with Crippen LogP contribution in [0.3, 0.4) is 0 Å². The number of fused-ring (bicyclic) bond motifs is 5. The number of quaternary nitrogens is 1. The molecule has 2 aromatic carbocycles. The van der Waals surface area contributed by atoms with Gasteiger partial charge in [0.25, 0.3) is 5.91 Å². The lowest BCUT2D eigenvalue weighted by Gasteiger charge is -2.32. The summed E-state index contributed by atoms with van der Waals surface area (Å²) in [5, 5.41) is 3.65. The predicted octanol–water partition coefficient (Wildman–Crippen LogP) is -2.16. The fourth-order valence-corrected chi connectivity index (χ4v) is 3.31. The Labute approximate surface area is 139 Å². The number of hydrogen-bond donors (Lipinski definition) is 1. The van der Waals surface area contributed by atoms with Gasteiger partial charge in [0.15, 0.2) is 6.61 Å². The molecular formula is C16H17ClN2O4. The highest BCUT2D eigenvalue weighted by molar-refractivity contribution is 5.89. The highest BCUT2D eigenvalue weighted by Crippen LogP contribution is 2.46. The molecule has 2 aromatic rings. The number of rotatable bonds is 2. The van der Waals surface area contributed by atoms with E-state index in [2.05, 4.69) is 18.0 Å². The number of carbonyl (C=O) groups excluding carboxylic acids is 1. The molecule has 0 spiro atoms. The average molecular weight is 337 g/mol. The van der Waals surface area contributed by atoms with E-state index >= 15 is 0 Å². The third-order valence-electron chi connectivity index (χ3n) is 4.28. The molecule has 122 valence electrons. The van der Waals surface area contributed by atoms with E-state index in [-0.39, 0.29) is 36.9 Å². The summed E-state index contributed by atoms with van der Waals surface area (Å²) in [6.45, 7) is 0.922. The van der Waals surface area contributed by atoms with Crippen molar-refractivity contribution in [3.8, 4) is 5.75 Å². The fourth-order valence-electron chi connectivity index (χ4n) is 3.31. The molecule has 2 atom stereocenters. The molecule has 3 N–H and O–H groups in total. The number of ether oxygens (including phenoxy) is 1. The molecule has 23 heavy (non-hydrogen) atoms. The normalized spacial score (nSPS) is 22.0. The second-order valence-corrected chi connectivity index (χ2v) is 5.58. The molecule has 0 aliphatic carbocycles. The molecule has 1 amide bonds. The number of amides is 1. The van der Waals surface area contributed by atoms with E-state index in [1.807, 2.05) is 24.3 Å². The lowest BCUT2D eigenvalue weighted by molar-refractivity contribution is -0.685. The van der Waals surface area contributed by atoms with Crippen molar-refractivity contribution in [3.63, 3.8) is 0 Å². The zero-order valence-corrected chi connectivity index (χ0v) is 13.2. The van der Waals surface area contributed by atoms with Crippen LogP contribution in [0, 0.1) is 5.92 Å². The number of hydroxylamine groups is 2. The summed E-state index contributed by atoms with van der Waals surface area (Å²) >= 11 is 0. The number of carbonyl (C=O) groups is 1. The lowest BCUT2D eigenvalue weighted by Crippen LogP contribution is -3.00. The van der Waals surface area contributed by atoms with Crippen molar-refractivity contribution in [2.45, 2.75) is 6.04 Å². The van der Waals surface area contributed by atoms with Gasteiger partial charge in [0, 0.05) is 11.5 Å². The zero-order chi connectivity index (χ0) is 15.1. The van der Waals surface area contributed by atoms with Gasteiger partial charge in [-0.25, -0.2) is 11.0 Å². The summed E-state index contributed by atoms with van der Waals surface area (Å²) in [6.07, 6.45) is 0. The van der Waals surface area contributed by atoms with E-state index < -0.39 is 0 Å². The van der Waals surface area contributed by atoms with Crippen LogP contribution in [0.1, 0.15) is 11.6 Å². The van der Waals surface area contributed by atoms with Gasteiger partial charge in [-0.05, 0) is 16.8 Å². The van der Waals surface area contributed by atoms with Gasteiger partial charge in [0.1, 0.15) is 5.75 Å². The first-order chi connectivity index (χ1) is 10.8. The molecule has 2 aliphatic heterocycles. The predicted molar refractivity (Wildman–Crippen MR) is 77.3 cm³/mol. The summed E-state index contributed by atoms with van der Waals surface area (Å²) in [6, 6.07) is 12.0. The Bertz CT molecular complexity index is 739. The first kappa shape index (κ1) is 16.0. The Hall–Kier alpha value is -1.86. The number of hydrogen-bond acceptors (Lipinski definition) is 4. The van der Waals surface area contributed by atoms with Crippen LogP contribution in [0.4, 0.5) is 0 Å². The van der Waals surface area contributed by atoms with E-state index in [1.54, 1.807) is 0 Å². The van der Waals surface area contributed by atoms with Gasteiger partial charge in [0.2, 0.25) is 0 Å². The second kappa shape index (κ2) is 6.33. The summed E-state index contributed by atoms with van der Waals surface area (Å²) in [5.41, 5.74) is 1.02. The van der Waals surface area contributed by atoms with E-state index in [0.717, 1.165) is 22.1 Å². The van der Waals surface area contributed by atoms with Crippen LogP contribution in [-0.4, -0.2) is 30.8 Å². The Balaban J connectivity index is 0.00000156. The third-order valence-corrected chi connectivity index (χ3v) is 4.28. The molecule has 4 rings (SSSR count). The van der Waals surface area contributed by atoms with Crippen LogP contribution >= 0.6 is 0 Å². The number of halogens is 1. The Morgan fingerprint density at radius 1 is 1.26 bits per heavy atom. The van der Waals surface area contributed by atoms with Crippen LogP contribution in [0.2, 0.25) is 0 Å². The molecule has 2 unspecified atom stereocenters. The maximum atomic E-state index is 12.2. The molecule has 2 aliphatic rings. The zero-order valence-electron chi connectivity index (χ0n) is 12.4. The van der Waals surface area contributed by atoms with E-state index in [1.165, 1.54) is 5.06 Å². The first-order valence-electron chi connectivity index (χ1n) is 7.26. The Morgan fingerprint density at radius 3 is 2.91 bits per heavy atom. The van der Waals surface area contributed by atoms with Gasteiger partial charge in [-0.2, -0.15) is 4.84 Å². The quantitative estimate of drug-likeness (QED) is 0.634. The molecule has 6 nitrogen and oxygen atoms in total. The van der Waals surface area contributed by atoms with Crippen LogP contribution in [-0.2, 0) is 14.5 Å². The van der Waals surface area contributed by atoms with Crippen molar-refractivity contribution in [2.75, 3.05) is 19.8 Å². The maximum absolute atomic E-state index is 12.2. The molecular weight excluding hydrogens is 320 g/mol. The van der Waals surface area contributed by atoms with Crippen LogP contribution < -0.4 is 23.0 Å². The Kier molecular flexibility index (Phi) is 4.41. The van der Waals surface area contributed by atoms with Crippen molar-refractivity contribution in [2.24, 2.45) is 5.92 Å². The van der Waals surface area contributed by atoms with Gasteiger partial charge >= 0.3 is 0 Å². The van der Waals surface area contributed by atoms with Crippen LogP contribution in [0.25, 0.3) is 10.8 Å². The molecule has 7 heteroatoms. The third kappa shape index (κ3) is 2.53. The SMILES string of the molecule is [Cl-].[NH3+]OCC(=O)N1OCC2COc3ccc4ccccc4c3C21. The minimum absolute atomic E-state index is 0. The Morgan fingerprint density at radius 2 is 2.09 bits per heavy atom. The molecule has 2 heterocycles. The summed E-state index contributed by atoms with van der Waals surface area (Å²) in [7, 11) is 0. The van der Waals surface area contributed by atoms with Gasteiger partial charge in [0.05, 0.1) is 19.3 Å². The summed E-state index contributed by atoms with van der Waals surface area (Å²) in [4.78, 5) is 22.6. The minimum Gasteiger partial charge on any atom is -1.00 e. The largest absolute Gasteiger partial charge is 1.00 e. The van der Waals surface area contributed by atoms with Gasteiger partial charge in [-0.3, -0.25) is 9.63 Å². The average Bonchev–Trinajstić information content (AvgIpc) is 2.99. The molecule has 0 bridgehead atoms. The smallest absolute Gasteiger partial charge is 0.279 e. The molecule has 1 saturated heterocycles. The van der Waals surface area contributed by atoms with E-state index in [9.17, 15) is 4.79 Å². The van der Waals surface area contributed by atoms with Crippen LogP contribution in [0.15, 0.2) is 36.4 Å². The topological polar surface area (TPSA) is 75.6 Å². The van der Waals surface area contributed by atoms with Crippen molar-refractivity contribution >= 4 is 16.7 Å². The summed E-state index contributed by atoms with van der Waals surface area (Å²) < 4.78 is 5.87. The van der Waals surface area contributed by atoms with E-state index in [0.29, 0.717) is 13.2 Å². The van der Waals surface area contributed by atoms with Gasteiger partial charge in [-0.15, -0.1) is 0 Å². The molecule has 0 saturated carbocycles. The molecule has 1 fully saturated rings. The summed E-state index contributed by atoms with van der Waals surface area (Å²) in [5.74, 6) is 4.00. The molecule has 0 radical (unpaired) electrons. The van der Waals surface area contributed by atoms with Crippen molar-refractivity contribution in [3.05, 3.63) is 42.0 Å². The van der Waals surface area contributed by atoms with Gasteiger partial charge < -0.3 is 17.1 Å². The highest BCUT2D eigenvalue weighted by atomic mass is 35.5. The number of nitrogens with zero attached hydrogens (tertiary/aromatic N) is 1. The van der Waals surface area contributed by atoms with Gasteiger partial charge in [-0.1, -0.05) is 30.3 Å². The maximum Gasteiger partial charge on any atom is 0.279 e. The second-order valence-electron chi connectivity index (χ2n) is 5.58. The fraction of sp³-hybridized carbons (Fsp3) is 0.312. The van der Waals surface area contributed by atoms with Crippen molar-refractivity contribution in [1.82, 2.24) is 5.06 Å². The number of benzene rings is 2. The first-order valence-corrected chi connectivity index (χ1v) is 7.26. The van der Waals surface area contributed by atoms with E-state index in [4.69, 9.17) is 14.4 Å².